The zero-order valence-corrected chi connectivity index (χ0v) is 16.8. The number of guanidine groups is 1. The van der Waals surface area contributed by atoms with Crippen LogP contribution in [-0.4, -0.2) is 31.1 Å². The fourth-order valence-corrected chi connectivity index (χ4v) is 3.29. The van der Waals surface area contributed by atoms with Gasteiger partial charge in [0.2, 0.25) is 0 Å². The Kier molecular flexibility index (Phi) is 10.2. The molecule has 1 aromatic rings. The van der Waals surface area contributed by atoms with E-state index < -0.39 is 0 Å². The first-order valence-electron chi connectivity index (χ1n) is 8.62. The van der Waals surface area contributed by atoms with Crippen LogP contribution in [0, 0.1) is 11.8 Å². The fourth-order valence-electron chi connectivity index (χ4n) is 3.29. The Morgan fingerprint density at radius 2 is 2.09 bits per heavy atom. The largest absolute Gasteiger partial charge is 0.356 e. The predicted octanol–water partition coefficient (Wildman–Crippen LogP) is 3.62. The maximum absolute atomic E-state index is 4.33. The van der Waals surface area contributed by atoms with Gasteiger partial charge >= 0.3 is 0 Å². The highest BCUT2D eigenvalue weighted by atomic mass is 127. The van der Waals surface area contributed by atoms with Crippen molar-refractivity contribution in [1.29, 1.82) is 0 Å². The van der Waals surface area contributed by atoms with Crippen LogP contribution in [0.5, 0.6) is 0 Å². The lowest BCUT2D eigenvalue weighted by Gasteiger charge is -2.26. The van der Waals surface area contributed by atoms with Crippen LogP contribution in [0.1, 0.15) is 44.7 Å². The third-order valence-corrected chi connectivity index (χ3v) is 4.51. The SMILES string of the molecule is CN=C(NCCc1ccccn1)NCCC1CCCC(C)C1.I. The summed E-state index contributed by atoms with van der Waals surface area (Å²) in [6.45, 7) is 4.26. The van der Waals surface area contributed by atoms with Crippen LogP contribution in [0.4, 0.5) is 0 Å². The molecule has 1 heterocycles. The standard InChI is InChI=1S/C18H30N4.HI/c1-15-6-5-7-16(14-15)9-12-21-18(19-2)22-13-10-17-8-3-4-11-20-17;/h3-4,8,11,15-16H,5-7,9-10,12-14H2,1-2H3,(H2,19,21,22);1H. The highest BCUT2D eigenvalue weighted by Gasteiger charge is 2.18. The number of aromatic nitrogens is 1. The summed E-state index contributed by atoms with van der Waals surface area (Å²) in [6, 6.07) is 6.03. The van der Waals surface area contributed by atoms with Gasteiger partial charge in [-0.2, -0.15) is 0 Å². The predicted molar refractivity (Wildman–Crippen MR) is 108 cm³/mol. The Morgan fingerprint density at radius 1 is 1.26 bits per heavy atom. The van der Waals surface area contributed by atoms with Gasteiger partial charge in [0.05, 0.1) is 0 Å². The van der Waals surface area contributed by atoms with Gasteiger partial charge in [0.15, 0.2) is 5.96 Å². The second-order valence-electron chi connectivity index (χ2n) is 6.42. The maximum Gasteiger partial charge on any atom is 0.190 e. The number of hydrogen-bond donors (Lipinski definition) is 2. The van der Waals surface area contributed by atoms with Crippen LogP contribution in [-0.2, 0) is 6.42 Å². The molecule has 2 atom stereocenters. The number of nitrogens with zero attached hydrogens (tertiary/aromatic N) is 2. The van der Waals surface area contributed by atoms with Crippen molar-refractivity contribution >= 4 is 29.9 Å². The zero-order chi connectivity index (χ0) is 15.6. The summed E-state index contributed by atoms with van der Waals surface area (Å²) in [5.41, 5.74) is 1.11. The molecule has 1 aromatic heterocycles. The van der Waals surface area contributed by atoms with E-state index in [0.717, 1.165) is 43.0 Å². The molecule has 0 radical (unpaired) electrons. The third-order valence-electron chi connectivity index (χ3n) is 4.51. The smallest absolute Gasteiger partial charge is 0.190 e. The molecule has 130 valence electrons. The number of nitrogens with one attached hydrogen (secondary N) is 2. The first-order valence-corrected chi connectivity index (χ1v) is 8.62. The lowest BCUT2D eigenvalue weighted by molar-refractivity contribution is 0.270. The van der Waals surface area contributed by atoms with E-state index in [1.165, 1.54) is 32.1 Å². The summed E-state index contributed by atoms with van der Waals surface area (Å²) in [6.07, 6.45) is 9.63. The molecule has 1 fully saturated rings. The molecule has 0 saturated heterocycles. The molecule has 0 amide bonds. The molecule has 0 spiro atoms. The number of aliphatic imine (C=N–C) groups is 1. The zero-order valence-electron chi connectivity index (χ0n) is 14.4. The average Bonchev–Trinajstić information content (AvgIpc) is 2.54. The van der Waals surface area contributed by atoms with Crippen molar-refractivity contribution in [2.24, 2.45) is 16.8 Å². The maximum atomic E-state index is 4.33. The topological polar surface area (TPSA) is 49.3 Å². The normalized spacial score (nSPS) is 21.4. The second-order valence-corrected chi connectivity index (χ2v) is 6.42. The number of rotatable bonds is 6. The van der Waals surface area contributed by atoms with Crippen molar-refractivity contribution in [2.75, 3.05) is 20.1 Å². The molecule has 1 aliphatic rings. The van der Waals surface area contributed by atoms with Crippen LogP contribution in [0.25, 0.3) is 0 Å². The van der Waals surface area contributed by atoms with Gasteiger partial charge in [-0.15, -0.1) is 24.0 Å². The minimum absolute atomic E-state index is 0. The Morgan fingerprint density at radius 3 is 2.78 bits per heavy atom. The van der Waals surface area contributed by atoms with Crippen LogP contribution >= 0.6 is 24.0 Å². The van der Waals surface area contributed by atoms with Gasteiger partial charge in [0.25, 0.3) is 0 Å². The molecule has 5 heteroatoms. The molecule has 2 unspecified atom stereocenters. The summed E-state index contributed by atoms with van der Waals surface area (Å²) < 4.78 is 0. The summed E-state index contributed by atoms with van der Waals surface area (Å²) in [5, 5.41) is 6.80. The highest BCUT2D eigenvalue weighted by molar-refractivity contribution is 14.0. The lowest BCUT2D eigenvalue weighted by Crippen LogP contribution is -2.39. The number of pyridine rings is 1. The Hall–Kier alpha value is -0.850. The van der Waals surface area contributed by atoms with E-state index in [4.69, 9.17) is 0 Å². The van der Waals surface area contributed by atoms with Crippen LogP contribution in [0.15, 0.2) is 29.4 Å². The molecule has 0 bridgehead atoms. The van der Waals surface area contributed by atoms with Crippen molar-refractivity contribution in [3.63, 3.8) is 0 Å². The van der Waals surface area contributed by atoms with Gasteiger partial charge in [0.1, 0.15) is 0 Å². The van der Waals surface area contributed by atoms with Crippen LogP contribution < -0.4 is 10.6 Å². The third kappa shape index (κ3) is 7.99. The average molecular weight is 430 g/mol. The van der Waals surface area contributed by atoms with Gasteiger partial charge in [-0.25, -0.2) is 0 Å². The van der Waals surface area contributed by atoms with Gasteiger partial charge in [-0.05, 0) is 36.8 Å². The van der Waals surface area contributed by atoms with Gasteiger partial charge in [-0.1, -0.05) is 32.3 Å². The minimum atomic E-state index is 0. The van der Waals surface area contributed by atoms with Crippen molar-refractivity contribution < 1.29 is 0 Å². The summed E-state index contributed by atoms with van der Waals surface area (Å²) in [5.74, 6) is 2.71. The van der Waals surface area contributed by atoms with E-state index in [2.05, 4.69) is 33.6 Å². The fraction of sp³-hybridized carbons (Fsp3) is 0.667. The van der Waals surface area contributed by atoms with E-state index in [1.807, 2.05) is 25.4 Å². The lowest BCUT2D eigenvalue weighted by atomic mass is 9.81. The molecular formula is C18H31IN4. The van der Waals surface area contributed by atoms with E-state index in [-0.39, 0.29) is 24.0 Å². The molecular weight excluding hydrogens is 399 g/mol. The van der Waals surface area contributed by atoms with Crippen LogP contribution in [0.2, 0.25) is 0 Å². The van der Waals surface area contributed by atoms with E-state index in [0.29, 0.717) is 0 Å². The molecule has 23 heavy (non-hydrogen) atoms. The number of hydrogen-bond acceptors (Lipinski definition) is 2. The molecule has 1 saturated carbocycles. The van der Waals surface area contributed by atoms with Gasteiger partial charge in [0, 0.05) is 38.4 Å². The summed E-state index contributed by atoms with van der Waals surface area (Å²) in [7, 11) is 1.83. The van der Waals surface area contributed by atoms with Crippen molar-refractivity contribution in [1.82, 2.24) is 15.6 Å². The molecule has 2 N–H and O–H groups in total. The Labute approximate surface area is 158 Å². The molecule has 0 aliphatic heterocycles. The van der Waals surface area contributed by atoms with Crippen molar-refractivity contribution in [2.45, 2.75) is 45.4 Å². The minimum Gasteiger partial charge on any atom is -0.356 e. The quantitative estimate of drug-likeness (QED) is 0.412. The number of halogens is 1. The van der Waals surface area contributed by atoms with E-state index >= 15 is 0 Å². The van der Waals surface area contributed by atoms with E-state index in [9.17, 15) is 0 Å². The first kappa shape index (κ1) is 20.2. The summed E-state index contributed by atoms with van der Waals surface area (Å²) in [4.78, 5) is 8.62. The van der Waals surface area contributed by atoms with Crippen molar-refractivity contribution in [3.05, 3.63) is 30.1 Å². The molecule has 1 aliphatic carbocycles. The molecule has 0 aromatic carbocycles. The Bertz CT molecular complexity index is 450. The monoisotopic (exact) mass is 430 g/mol. The summed E-state index contributed by atoms with van der Waals surface area (Å²) >= 11 is 0. The van der Waals surface area contributed by atoms with E-state index in [1.54, 1.807) is 0 Å². The van der Waals surface area contributed by atoms with Gasteiger partial charge in [-0.3, -0.25) is 9.98 Å². The molecule has 2 rings (SSSR count). The Balaban J connectivity index is 0.00000264. The molecule has 4 nitrogen and oxygen atoms in total. The second kappa shape index (κ2) is 11.6. The van der Waals surface area contributed by atoms with Crippen molar-refractivity contribution in [3.8, 4) is 0 Å². The first-order chi connectivity index (χ1) is 10.8. The van der Waals surface area contributed by atoms with Gasteiger partial charge < -0.3 is 10.6 Å². The highest BCUT2D eigenvalue weighted by Crippen LogP contribution is 2.30. The van der Waals surface area contributed by atoms with Crippen LogP contribution in [0.3, 0.4) is 0 Å².